The number of piperidine rings is 1. The van der Waals surface area contributed by atoms with Crippen molar-refractivity contribution >= 4 is 10.9 Å². The molecule has 0 aliphatic carbocycles. The molecule has 4 rings (SSSR count). The molecular formula is C21H22N2O. The average Bonchev–Trinajstić information content (AvgIpc) is 2.67. The van der Waals surface area contributed by atoms with E-state index in [1.165, 1.54) is 10.9 Å². The van der Waals surface area contributed by atoms with Gasteiger partial charge in [-0.05, 0) is 37.1 Å². The first-order chi connectivity index (χ1) is 11.9. The lowest BCUT2D eigenvalue weighted by atomic mass is 9.95. The average molecular weight is 318 g/mol. The molecule has 0 radical (unpaired) electrons. The highest BCUT2D eigenvalue weighted by Gasteiger charge is 2.23. The van der Waals surface area contributed by atoms with Crippen molar-refractivity contribution in [3.63, 3.8) is 0 Å². The van der Waals surface area contributed by atoms with E-state index in [4.69, 9.17) is 9.72 Å². The number of pyridine rings is 1. The Balaban J connectivity index is 1.39. The number of fused-ring (bicyclic) bond motifs is 1. The Kier molecular flexibility index (Phi) is 4.54. The third-order valence-electron chi connectivity index (χ3n) is 4.68. The molecule has 1 fully saturated rings. The minimum Gasteiger partial charge on any atom is -0.372 e. The van der Waals surface area contributed by atoms with E-state index in [-0.39, 0.29) is 6.10 Å². The van der Waals surface area contributed by atoms with Crippen molar-refractivity contribution < 1.29 is 4.74 Å². The van der Waals surface area contributed by atoms with E-state index >= 15 is 0 Å². The van der Waals surface area contributed by atoms with E-state index in [2.05, 4.69) is 59.9 Å². The van der Waals surface area contributed by atoms with Crippen LogP contribution in [0.4, 0.5) is 0 Å². The summed E-state index contributed by atoms with van der Waals surface area (Å²) in [6.07, 6.45) is 2.35. The summed E-state index contributed by atoms with van der Waals surface area (Å²) in [6, 6.07) is 23.4. The van der Waals surface area contributed by atoms with Crippen molar-refractivity contribution in [2.24, 2.45) is 0 Å². The summed E-state index contributed by atoms with van der Waals surface area (Å²) >= 11 is 0. The molecule has 24 heavy (non-hydrogen) atoms. The van der Waals surface area contributed by atoms with Gasteiger partial charge in [-0.25, -0.2) is 0 Å². The lowest BCUT2D eigenvalue weighted by Gasteiger charge is -2.30. The molecule has 122 valence electrons. The van der Waals surface area contributed by atoms with Crippen LogP contribution in [0.1, 0.15) is 30.1 Å². The fourth-order valence-electron chi connectivity index (χ4n) is 3.37. The normalized spacial score (nSPS) is 21.0. The van der Waals surface area contributed by atoms with Gasteiger partial charge < -0.3 is 10.1 Å². The number of aromatic nitrogens is 1. The Bertz CT molecular complexity index is 803. The quantitative estimate of drug-likeness (QED) is 0.781. The molecule has 0 amide bonds. The van der Waals surface area contributed by atoms with Crippen LogP contribution in [0, 0.1) is 0 Å². The maximum atomic E-state index is 6.17. The van der Waals surface area contributed by atoms with Crippen LogP contribution in [0.15, 0.2) is 66.7 Å². The number of benzene rings is 2. The zero-order valence-electron chi connectivity index (χ0n) is 13.7. The fourth-order valence-corrected chi connectivity index (χ4v) is 3.37. The molecule has 0 bridgehead atoms. The molecule has 2 unspecified atom stereocenters. The summed E-state index contributed by atoms with van der Waals surface area (Å²) in [6.45, 7) is 1.58. The number of hydrogen-bond acceptors (Lipinski definition) is 3. The van der Waals surface area contributed by atoms with Crippen LogP contribution >= 0.6 is 0 Å². The molecule has 2 heterocycles. The van der Waals surface area contributed by atoms with E-state index in [9.17, 15) is 0 Å². The number of para-hydroxylation sites is 1. The summed E-state index contributed by atoms with van der Waals surface area (Å²) in [7, 11) is 0. The van der Waals surface area contributed by atoms with E-state index in [0.29, 0.717) is 12.6 Å². The molecule has 1 aliphatic rings. The molecular weight excluding hydrogens is 296 g/mol. The summed E-state index contributed by atoms with van der Waals surface area (Å²) in [4.78, 5) is 4.70. The minimum atomic E-state index is 0.282. The van der Waals surface area contributed by atoms with Crippen LogP contribution in [0.25, 0.3) is 10.9 Å². The zero-order valence-corrected chi connectivity index (χ0v) is 13.7. The molecule has 3 aromatic rings. The Morgan fingerprint density at radius 1 is 0.958 bits per heavy atom. The highest BCUT2D eigenvalue weighted by atomic mass is 16.5. The zero-order chi connectivity index (χ0) is 16.2. The maximum Gasteiger partial charge on any atom is 0.0891 e. The predicted molar refractivity (Wildman–Crippen MR) is 96.7 cm³/mol. The minimum absolute atomic E-state index is 0.282. The molecule has 2 atom stereocenters. The summed E-state index contributed by atoms with van der Waals surface area (Å²) in [5.41, 5.74) is 3.38. The van der Waals surface area contributed by atoms with Crippen molar-refractivity contribution in [1.29, 1.82) is 0 Å². The van der Waals surface area contributed by atoms with E-state index in [1.54, 1.807) is 0 Å². The van der Waals surface area contributed by atoms with Crippen molar-refractivity contribution in [2.75, 3.05) is 6.54 Å². The molecule has 2 aromatic carbocycles. The van der Waals surface area contributed by atoms with Gasteiger partial charge in [0.05, 0.1) is 23.9 Å². The second-order valence-corrected chi connectivity index (χ2v) is 6.37. The topological polar surface area (TPSA) is 34.1 Å². The molecule has 3 nitrogen and oxygen atoms in total. The van der Waals surface area contributed by atoms with Gasteiger partial charge in [0.2, 0.25) is 0 Å². The second-order valence-electron chi connectivity index (χ2n) is 6.37. The van der Waals surface area contributed by atoms with Crippen LogP contribution in [-0.2, 0) is 11.3 Å². The maximum absolute atomic E-state index is 6.17. The standard InChI is InChI=1S/C21H22N2O/c1-2-6-16(7-3-1)21-14-19(12-13-22-21)24-15-18-11-10-17-8-4-5-9-20(17)23-18/h1-11,19,21-22H,12-15H2. The number of ether oxygens (including phenoxy) is 1. The Morgan fingerprint density at radius 3 is 2.71 bits per heavy atom. The summed E-state index contributed by atoms with van der Waals surface area (Å²) in [5.74, 6) is 0. The van der Waals surface area contributed by atoms with Gasteiger partial charge in [0.25, 0.3) is 0 Å². The first-order valence-electron chi connectivity index (χ1n) is 8.63. The number of nitrogens with zero attached hydrogens (tertiary/aromatic N) is 1. The van der Waals surface area contributed by atoms with Crippen molar-refractivity contribution in [3.8, 4) is 0 Å². The Hall–Kier alpha value is -2.23. The first kappa shape index (κ1) is 15.3. The van der Waals surface area contributed by atoms with Crippen LogP contribution in [0.2, 0.25) is 0 Å². The monoisotopic (exact) mass is 318 g/mol. The molecule has 1 N–H and O–H groups in total. The lowest BCUT2D eigenvalue weighted by molar-refractivity contribution is 0.00918. The van der Waals surface area contributed by atoms with Gasteiger partial charge in [0, 0.05) is 11.4 Å². The Labute approximate surface area is 142 Å². The SMILES string of the molecule is c1ccc(C2CC(OCc3ccc4ccccc4n3)CCN2)cc1. The molecule has 1 saturated heterocycles. The van der Waals surface area contributed by atoms with Crippen molar-refractivity contribution in [2.45, 2.75) is 31.6 Å². The lowest BCUT2D eigenvalue weighted by Crippen LogP contribution is -2.35. The van der Waals surface area contributed by atoms with Gasteiger partial charge in [-0.3, -0.25) is 4.98 Å². The van der Waals surface area contributed by atoms with Crippen LogP contribution in [0.3, 0.4) is 0 Å². The second kappa shape index (κ2) is 7.12. The van der Waals surface area contributed by atoms with E-state index in [0.717, 1.165) is 30.6 Å². The predicted octanol–water partition coefficient (Wildman–Crippen LogP) is 4.24. The largest absolute Gasteiger partial charge is 0.372 e. The van der Waals surface area contributed by atoms with Gasteiger partial charge in [0.15, 0.2) is 0 Å². The van der Waals surface area contributed by atoms with E-state index < -0.39 is 0 Å². The summed E-state index contributed by atoms with van der Waals surface area (Å²) in [5, 5.41) is 4.77. The molecule has 3 heteroatoms. The molecule has 1 aliphatic heterocycles. The number of hydrogen-bond donors (Lipinski definition) is 1. The molecule has 0 spiro atoms. The third-order valence-corrected chi connectivity index (χ3v) is 4.68. The Morgan fingerprint density at radius 2 is 1.79 bits per heavy atom. The van der Waals surface area contributed by atoms with Crippen LogP contribution < -0.4 is 5.32 Å². The van der Waals surface area contributed by atoms with Crippen molar-refractivity contribution in [1.82, 2.24) is 10.3 Å². The third kappa shape index (κ3) is 3.48. The van der Waals surface area contributed by atoms with Crippen LogP contribution in [-0.4, -0.2) is 17.6 Å². The van der Waals surface area contributed by atoms with Gasteiger partial charge in [0.1, 0.15) is 0 Å². The smallest absolute Gasteiger partial charge is 0.0891 e. The summed E-state index contributed by atoms with van der Waals surface area (Å²) < 4.78 is 6.17. The van der Waals surface area contributed by atoms with Gasteiger partial charge in [-0.15, -0.1) is 0 Å². The van der Waals surface area contributed by atoms with Crippen LogP contribution in [0.5, 0.6) is 0 Å². The van der Waals surface area contributed by atoms with Gasteiger partial charge in [-0.2, -0.15) is 0 Å². The fraction of sp³-hybridized carbons (Fsp3) is 0.286. The highest BCUT2D eigenvalue weighted by Crippen LogP contribution is 2.25. The van der Waals surface area contributed by atoms with Gasteiger partial charge in [-0.1, -0.05) is 54.6 Å². The highest BCUT2D eigenvalue weighted by molar-refractivity contribution is 5.78. The van der Waals surface area contributed by atoms with Gasteiger partial charge >= 0.3 is 0 Å². The van der Waals surface area contributed by atoms with Crippen molar-refractivity contribution in [3.05, 3.63) is 78.0 Å². The van der Waals surface area contributed by atoms with E-state index in [1.807, 2.05) is 12.1 Å². The first-order valence-corrected chi connectivity index (χ1v) is 8.63. The molecule has 1 aromatic heterocycles. The number of rotatable bonds is 4. The number of nitrogens with one attached hydrogen (secondary N) is 1. The molecule has 0 saturated carbocycles.